The van der Waals surface area contributed by atoms with E-state index < -0.39 is 17.5 Å². The summed E-state index contributed by atoms with van der Waals surface area (Å²) >= 11 is 0. The van der Waals surface area contributed by atoms with Crippen LogP contribution in [0, 0.1) is 11.6 Å². The lowest BCUT2D eigenvalue weighted by Crippen LogP contribution is -2.14. The molecule has 3 rings (SSSR count). The summed E-state index contributed by atoms with van der Waals surface area (Å²) in [6, 6.07) is 18.6. The first-order valence-electron chi connectivity index (χ1n) is 7.22. The fourth-order valence-corrected chi connectivity index (χ4v) is 2.14. The Hall–Kier alpha value is -3.21. The molecule has 0 radical (unpaired) electrons. The molecule has 120 valence electrons. The number of halogens is 2. The lowest BCUT2D eigenvalue weighted by atomic mass is 10.1. The second kappa shape index (κ2) is 6.91. The lowest BCUT2D eigenvalue weighted by molar-refractivity contribution is 0.102. The zero-order valence-corrected chi connectivity index (χ0v) is 12.5. The van der Waals surface area contributed by atoms with E-state index in [1.165, 1.54) is 6.07 Å². The van der Waals surface area contributed by atoms with E-state index in [2.05, 4.69) is 5.32 Å². The van der Waals surface area contributed by atoms with Gasteiger partial charge in [0.2, 0.25) is 0 Å². The summed E-state index contributed by atoms with van der Waals surface area (Å²) < 4.78 is 32.3. The zero-order chi connectivity index (χ0) is 16.9. The number of nitrogens with one attached hydrogen (secondary N) is 1. The number of carbonyl (C=O) groups excluding carboxylic acids is 1. The minimum absolute atomic E-state index is 0.101. The van der Waals surface area contributed by atoms with Gasteiger partial charge in [-0.1, -0.05) is 30.3 Å². The Morgan fingerprint density at radius 1 is 0.875 bits per heavy atom. The molecule has 3 aromatic rings. The number of hydrogen-bond donors (Lipinski definition) is 1. The third kappa shape index (κ3) is 3.57. The van der Waals surface area contributed by atoms with Gasteiger partial charge in [-0.3, -0.25) is 4.79 Å². The number of carbonyl (C=O) groups is 1. The number of anilines is 1. The SMILES string of the molecule is O=C(Nc1ccc(F)cc1F)c1ccccc1Oc1ccccc1. The molecule has 3 nitrogen and oxygen atoms in total. The Labute approximate surface area is 137 Å². The van der Waals surface area contributed by atoms with Crippen molar-refractivity contribution in [3.05, 3.63) is 90.0 Å². The molecule has 0 aliphatic carbocycles. The van der Waals surface area contributed by atoms with Crippen molar-refractivity contribution in [2.45, 2.75) is 0 Å². The van der Waals surface area contributed by atoms with Gasteiger partial charge in [0, 0.05) is 6.07 Å². The molecular formula is C19H13F2NO2. The van der Waals surface area contributed by atoms with Crippen LogP contribution in [0.5, 0.6) is 11.5 Å². The highest BCUT2D eigenvalue weighted by Gasteiger charge is 2.15. The fraction of sp³-hybridized carbons (Fsp3) is 0. The van der Waals surface area contributed by atoms with Gasteiger partial charge in [-0.15, -0.1) is 0 Å². The average molecular weight is 325 g/mol. The molecule has 3 aromatic carbocycles. The Morgan fingerprint density at radius 2 is 1.58 bits per heavy atom. The molecule has 0 fully saturated rings. The van der Waals surface area contributed by atoms with Gasteiger partial charge < -0.3 is 10.1 Å². The minimum atomic E-state index is -0.843. The van der Waals surface area contributed by atoms with E-state index in [4.69, 9.17) is 4.74 Å². The maximum atomic E-state index is 13.7. The van der Waals surface area contributed by atoms with Crippen LogP contribution in [0.2, 0.25) is 0 Å². The molecule has 0 saturated heterocycles. The molecular weight excluding hydrogens is 312 g/mol. The molecule has 0 aliphatic heterocycles. The predicted octanol–water partition coefficient (Wildman–Crippen LogP) is 5.01. The summed E-state index contributed by atoms with van der Waals surface area (Å²) in [4.78, 5) is 12.4. The molecule has 0 aliphatic rings. The highest BCUT2D eigenvalue weighted by Crippen LogP contribution is 2.26. The van der Waals surface area contributed by atoms with E-state index in [9.17, 15) is 13.6 Å². The van der Waals surface area contributed by atoms with E-state index in [-0.39, 0.29) is 11.3 Å². The summed E-state index contributed by atoms with van der Waals surface area (Å²) in [5, 5.41) is 2.42. The molecule has 1 N–H and O–H groups in total. The zero-order valence-electron chi connectivity index (χ0n) is 12.5. The third-order valence-corrected chi connectivity index (χ3v) is 3.28. The van der Waals surface area contributed by atoms with E-state index in [0.29, 0.717) is 17.6 Å². The van der Waals surface area contributed by atoms with Gasteiger partial charge >= 0.3 is 0 Å². The number of ether oxygens (including phenoxy) is 1. The Morgan fingerprint density at radius 3 is 2.33 bits per heavy atom. The summed E-state index contributed by atoms with van der Waals surface area (Å²) in [5.74, 6) is -1.19. The molecule has 0 unspecified atom stereocenters. The maximum Gasteiger partial charge on any atom is 0.259 e. The molecule has 5 heteroatoms. The molecule has 0 aromatic heterocycles. The first-order chi connectivity index (χ1) is 11.6. The average Bonchev–Trinajstić information content (AvgIpc) is 2.59. The van der Waals surface area contributed by atoms with Crippen molar-refractivity contribution < 1.29 is 18.3 Å². The van der Waals surface area contributed by atoms with Gasteiger partial charge in [-0.25, -0.2) is 8.78 Å². The third-order valence-electron chi connectivity index (χ3n) is 3.28. The number of benzene rings is 3. The van der Waals surface area contributed by atoms with Crippen molar-refractivity contribution in [1.29, 1.82) is 0 Å². The van der Waals surface area contributed by atoms with Gasteiger partial charge in [-0.05, 0) is 36.4 Å². The lowest BCUT2D eigenvalue weighted by Gasteiger charge is -2.12. The molecule has 0 heterocycles. The van der Waals surface area contributed by atoms with E-state index in [1.54, 1.807) is 36.4 Å². The maximum absolute atomic E-state index is 13.7. The number of amides is 1. The van der Waals surface area contributed by atoms with Gasteiger partial charge in [0.15, 0.2) is 0 Å². The van der Waals surface area contributed by atoms with Crippen molar-refractivity contribution in [2.75, 3.05) is 5.32 Å². The second-order valence-corrected chi connectivity index (χ2v) is 4.99. The van der Waals surface area contributed by atoms with Gasteiger partial charge in [0.1, 0.15) is 23.1 Å². The molecule has 24 heavy (non-hydrogen) atoms. The normalized spacial score (nSPS) is 10.2. The standard InChI is InChI=1S/C19H13F2NO2/c20-13-10-11-17(16(21)12-13)22-19(23)15-8-4-5-9-18(15)24-14-6-2-1-3-7-14/h1-12H,(H,22,23). The van der Waals surface area contributed by atoms with Gasteiger partial charge in [-0.2, -0.15) is 0 Å². The Balaban J connectivity index is 1.85. The summed E-state index contributed by atoms with van der Waals surface area (Å²) in [6.07, 6.45) is 0. The van der Waals surface area contributed by atoms with Crippen molar-refractivity contribution in [3.8, 4) is 11.5 Å². The Kier molecular flexibility index (Phi) is 4.52. The van der Waals surface area contributed by atoms with Crippen LogP contribution in [0.3, 0.4) is 0 Å². The van der Waals surface area contributed by atoms with E-state index in [1.807, 2.05) is 18.2 Å². The number of hydrogen-bond acceptors (Lipinski definition) is 2. The van der Waals surface area contributed by atoms with Crippen molar-refractivity contribution in [1.82, 2.24) is 0 Å². The van der Waals surface area contributed by atoms with Crippen LogP contribution in [-0.4, -0.2) is 5.91 Å². The molecule has 0 atom stereocenters. The summed E-state index contributed by atoms with van der Waals surface area (Å²) in [6.45, 7) is 0. The van der Waals surface area contributed by atoms with Gasteiger partial charge in [0.25, 0.3) is 5.91 Å². The van der Waals surface area contributed by atoms with Crippen molar-refractivity contribution in [3.63, 3.8) is 0 Å². The second-order valence-electron chi connectivity index (χ2n) is 4.99. The Bertz CT molecular complexity index is 866. The van der Waals surface area contributed by atoms with Crippen LogP contribution in [0.1, 0.15) is 10.4 Å². The minimum Gasteiger partial charge on any atom is -0.457 e. The summed E-state index contributed by atoms with van der Waals surface area (Å²) in [5.41, 5.74) is 0.140. The molecule has 1 amide bonds. The van der Waals surface area contributed by atoms with Crippen LogP contribution in [0.15, 0.2) is 72.8 Å². The highest BCUT2D eigenvalue weighted by atomic mass is 19.1. The van der Waals surface area contributed by atoms with Crippen LogP contribution >= 0.6 is 0 Å². The first-order valence-corrected chi connectivity index (χ1v) is 7.22. The topological polar surface area (TPSA) is 38.3 Å². The van der Waals surface area contributed by atoms with Crippen molar-refractivity contribution >= 4 is 11.6 Å². The predicted molar refractivity (Wildman–Crippen MR) is 87.3 cm³/mol. The largest absolute Gasteiger partial charge is 0.457 e. The first kappa shape index (κ1) is 15.7. The fourth-order valence-electron chi connectivity index (χ4n) is 2.14. The van der Waals surface area contributed by atoms with Crippen LogP contribution < -0.4 is 10.1 Å². The van der Waals surface area contributed by atoms with Crippen LogP contribution in [-0.2, 0) is 0 Å². The van der Waals surface area contributed by atoms with E-state index >= 15 is 0 Å². The van der Waals surface area contributed by atoms with Gasteiger partial charge in [0.05, 0.1) is 11.3 Å². The van der Waals surface area contributed by atoms with Crippen LogP contribution in [0.4, 0.5) is 14.5 Å². The molecule has 0 spiro atoms. The smallest absolute Gasteiger partial charge is 0.259 e. The monoisotopic (exact) mass is 325 g/mol. The van der Waals surface area contributed by atoms with Crippen LogP contribution in [0.25, 0.3) is 0 Å². The molecule has 0 bridgehead atoms. The number of rotatable bonds is 4. The highest BCUT2D eigenvalue weighted by molar-refractivity contribution is 6.06. The quantitative estimate of drug-likeness (QED) is 0.732. The molecule has 0 saturated carbocycles. The number of para-hydroxylation sites is 2. The summed E-state index contributed by atoms with van der Waals surface area (Å²) in [7, 11) is 0. The van der Waals surface area contributed by atoms with Crippen molar-refractivity contribution in [2.24, 2.45) is 0 Å². The van der Waals surface area contributed by atoms with E-state index in [0.717, 1.165) is 6.07 Å².